The minimum absolute atomic E-state index is 0.000389. The molecule has 320 valence electrons. The Bertz CT molecular complexity index is 1800. The lowest BCUT2D eigenvalue weighted by Gasteiger charge is -2.27. The van der Waals surface area contributed by atoms with Crippen molar-refractivity contribution >= 4 is 49.3 Å². The van der Waals surface area contributed by atoms with Gasteiger partial charge in [0, 0.05) is 13.0 Å². The number of aliphatic carboxylic acids is 1. The third-order valence-corrected chi connectivity index (χ3v) is 8.59. The molecule has 58 heavy (non-hydrogen) atoms. The number of carbonyl (C=O) groups is 6. The van der Waals surface area contributed by atoms with Crippen LogP contribution in [0.15, 0.2) is 53.5 Å². The summed E-state index contributed by atoms with van der Waals surface area (Å²) < 4.78 is 15.8. The van der Waals surface area contributed by atoms with Crippen molar-refractivity contribution < 1.29 is 68.1 Å². The molecule has 2 rings (SSSR count). The molecule has 24 heteroatoms. The van der Waals surface area contributed by atoms with Crippen molar-refractivity contribution in [2.45, 2.75) is 81.9 Å². The molecule has 0 bridgehead atoms. The highest BCUT2D eigenvalue weighted by atomic mass is 31.2. The fourth-order valence-corrected chi connectivity index (χ4v) is 5.48. The number of aliphatic imine (C=N–C) groups is 1. The number of rotatable bonds is 23. The second-order valence-corrected chi connectivity index (χ2v) is 14.2. The number of nitrogens with one attached hydrogen (secondary N) is 5. The summed E-state index contributed by atoms with van der Waals surface area (Å²) in [6.07, 6.45) is -1.72. The van der Waals surface area contributed by atoms with E-state index in [9.17, 15) is 48.7 Å². The molecule has 0 saturated carbocycles. The number of aliphatic hydroxyl groups is 2. The average Bonchev–Trinajstić information content (AvgIpc) is 3.13. The van der Waals surface area contributed by atoms with E-state index in [1.165, 1.54) is 43.3 Å². The molecule has 23 nitrogen and oxygen atoms in total. The smallest absolute Gasteiger partial charge is 0.508 e. The van der Waals surface area contributed by atoms with Crippen LogP contribution in [-0.2, 0) is 46.2 Å². The van der Waals surface area contributed by atoms with Gasteiger partial charge in [-0.05, 0) is 68.5 Å². The Morgan fingerprint density at radius 2 is 1.29 bits per heavy atom. The molecule has 0 unspecified atom stereocenters. The predicted molar refractivity (Wildman–Crippen MR) is 204 cm³/mol. The maximum Gasteiger partial charge on any atom is 0.524 e. The van der Waals surface area contributed by atoms with Gasteiger partial charge in [-0.1, -0.05) is 24.3 Å². The van der Waals surface area contributed by atoms with Crippen molar-refractivity contribution in [1.82, 2.24) is 26.6 Å². The van der Waals surface area contributed by atoms with E-state index in [0.717, 1.165) is 6.92 Å². The van der Waals surface area contributed by atoms with E-state index in [2.05, 4.69) is 30.8 Å². The molecule has 0 aliphatic carbocycles. The van der Waals surface area contributed by atoms with Gasteiger partial charge >= 0.3 is 13.8 Å². The third-order valence-electron chi connectivity index (χ3n) is 8.14. The predicted octanol–water partition coefficient (Wildman–Crippen LogP) is -4.07. The molecule has 5 amide bonds. The number of aromatic hydroxyl groups is 1. The fourth-order valence-electron chi connectivity index (χ4n) is 5.08. The number of phosphoric ester groups is 1. The molecule has 0 fully saturated rings. The number of aliphatic hydroxyl groups excluding tert-OH is 2. The number of guanidine groups is 1. The number of carboxylic acids is 1. The van der Waals surface area contributed by atoms with E-state index in [4.69, 9.17) is 32.1 Å². The van der Waals surface area contributed by atoms with E-state index in [0.29, 0.717) is 11.1 Å². The fraction of sp³-hybridized carbons (Fsp3) is 0.441. The number of nitrogens with zero attached hydrogens (tertiary/aromatic N) is 1. The number of carboxylic acid groups (broad SMARTS) is 1. The van der Waals surface area contributed by atoms with Crippen molar-refractivity contribution in [2.75, 3.05) is 13.2 Å². The molecule has 2 aromatic rings. The van der Waals surface area contributed by atoms with Gasteiger partial charge in [-0.15, -0.1) is 0 Å². The van der Waals surface area contributed by atoms with Gasteiger partial charge in [-0.2, -0.15) is 0 Å². The lowest BCUT2D eigenvalue weighted by Crippen LogP contribution is -2.60. The van der Waals surface area contributed by atoms with Crippen LogP contribution in [0.25, 0.3) is 0 Å². The van der Waals surface area contributed by atoms with E-state index in [-0.39, 0.29) is 49.7 Å². The molecule has 0 radical (unpaired) electrons. The zero-order valence-electron chi connectivity index (χ0n) is 31.5. The minimum atomic E-state index is -4.91. The molecule has 0 aliphatic heterocycles. The third kappa shape index (κ3) is 17.1. The van der Waals surface area contributed by atoms with E-state index < -0.39 is 92.3 Å². The van der Waals surface area contributed by atoms with Gasteiger partial charge < -0.3 is 68.7 Å². The van der Waals surface area contributed by atoms with Crippen LogP contribution in [0.4, 0.5) is 0 Å². The summed E-state index contributed by atoms with van der Waals surface area (Å²) in [5.74, 6) is -6.80. The molecular weight excluding hydrogens is 789 g/mol. The van der Waals surface area contributed by atoms with Crippen molar-refractivity contribution in [1.29, 1.82) is 0 Å². The summed E-state index contributed by atoms with van der Waals surface area (Å²) in [5.41, 5.74) is 17.9. The Morgan fingerprint density at radius 1 is 0.759 bits per heavy atom. The van der Waals surface area contributed by atoms with Gasteiger partial charge in [0.05, 0.1) is 18.8 Å². The molecule has 0 saturated heterocycles. The average molecular weight is 840 g/mol. The summed E-state index contributed by atoms with van der Waals surface area (Å²) >= 11 is 0. The highest BCUT2D eigenvalue weighted by Crippen LogP contribution is 2.37. The second kappa shape index (κ2) is 22.8. The summed E-state index contributed by atoms with van der Waals surface area (Å²) in [4.78, 5) is 100.0. The molecule has 0 spiro atoms. The first-order valence-corrected chi connectivity index (χ1v) is 19.1. The van der Waals surface area contributed by atoms with Crippen LogP contribution >= 0.6 is 7.82 Å². The molecule has 7 atom stereocenters. The second-order valence-electron chi connectivity index (χ2n) is 13.0. The molecule has 0 aliphatic rings. The first kappa shape index (κ1) is 48.3. The number of carbonyl (C=O) groups excluding carboxylic acids is 5. The Morgan fingerprint density at radius 3 is 1.83 bits per heavy atom. The Balaban J connectivity index is 2.36. The summed E-state index contributed by atoms with van der Waals surface area (Å²) in [6.45, 7) is 1.39. The first-order valence-electron chi connectivity index (χ1n) is 17.6. The van der Waals surface area contributed by atoms with Crippen LogP contribution in [0.2, 0.25) is 0 Å². The van der Waals surface area contributed by atoms with Crippen molar-refractivity contribution in [3.8, 4) is 11.5 Å². The number of benzene rings is 2. The van der Waals surface area contributed by atoms with Crippen LogP contribution in [-0.4, -0.2) is 127 Å². The maximum atomic E-state index is 13.8. The van der Waals surface area contributed by atoms with Gasteiger partial charge in [0.1, 0.15) is 41.7 Å². The number of hydrogen-bond acceptors (Lipinski definition) is 13. The number of nitrogens with two attached hydrogens (primary N) is 3. The standard InChI is InChI=1S/C34H50N9O14P/c1-17(28(47)43-27(18(2)45)32(51)42-26(16-44)33(52)53)39-31(50)25(15-20-7-11-22(12-8-20)57-58(54,55)56)41-30(49)24(4-3-13-38-34(36)37)40-29(48)23(35)14-19-5-9-21(46)10-6-19/h5-12,17-18,23-27,44-46H,3-4,13-16,35H2,1-2H3,(H,39,50)(H,40,48)(H,41,49)(H,42,51)(H,43,47)(H,52,53)(H4,36,37,38)(H2,54,55,56)/t17-,18+,23-,24-,25-,26-,27-/m0/s1. The first-order chi connectivity index (χ1) is 27.1. The summed E-state index contributed by atoms with van der Waals surface area (Å²) in [6, 6.07) is 2.08. The Hall–Kier alpha value is -5.84. The van der Waals surface area contributed by atoms with Gasteiger partial charge in [-0.25, -0.2) is 9.36 Å². The number of hydrogen-bond donors (Lipinski definition) is 14. The number of phosphoric acid groups is 1. The van der Waals surface area contributed by atoms with Crippen LogP contribution in [0, 0.1) is 0 Å². The van der Waals surface area contributed by atoms with Crippen molar-refractivity contribution in [3.63, 3.8) is 0 Å². The molecular formula is C34H50N9O14P. The van der Waals surface area contributed by atoms with E-state index in [1.54, 1.807) is 12.1 Å². The zero-order valence-corrected chi connectivity index (χ0v) is 32.4. The minimum Gasteiger partial charge on any atom is -0.508 e. The SMILES string of the molecule is C[C@H](NC(=O)[C@H](Cc1ccc(OP(=O)(O)O)cc1)NC(=O)[C@H](CCCN=C(N)N)NC(=O)[C@@H](N)Cc1ccc(O)cc1)C(=O)N[C@H](C(=O)N[C@@H](CO)C(=O)O)[C@@H](C)O. The van der Waals surface area contributed by atoms with Crippen LogP contribution in [0.3, 0.4) is 0 Å². The Kier molecular flexibility index (Phi) is 19.0. The summed E-state index contributed by atoms with van der Waals surface area (Å²) in [7, 11) is -4.91. The number of phenols is 1. The van der Waals surface area contributed by atoms with Gasteiger partial charge in [0.15, 0.2) is 5.96 Å². The van der Waals surface area contributed by atoms with Crippen LogP contribution in [0.1, 0.15) is 37.8 Å². The largest absolute Gasteiger partial charge is 0.524 e. The zero-order chi connectivity index (χ0) is 43.7. The maximum absolute atomic E-state index is 13.8. The molecule has 0 aromatic heterocycles. The lowest BCUT2D eigenvalue weighted by molar-refractivity contribution is -0.144. The molecule has 17 N–H and O–H groups in total. The van der Waals surface area contributed by atoms with Crippen molar-refractivity contribution in [3.05, 3.63) is 59.7 Å². The van der Waals surface area contributed by atoms with Gasteiger partial charge in [0.25, 0.3) is 0 Å². The molecule has 2 aromatic carbocycles. The highest BCUT2D eigenvalue weighted by Gasteiger charge is 2.33. The highest BCUT2D eigenvalue weighted by molar-refractivity contribution is 7.46. The normalized spacial score (nSPS) is 14.8. The quantitative estimate of drug-likeness (QED) is 0.0219. The summed E-state index contributed by atoms with van der Waals surface area (Å²) in [5, 5.41) is 49.7. The van der Waals surface area contributed by atoms with Gasteiger partial charge in [-0.3, -0.25) is 38.8 Å². The van der Waals surface area contributed by atoms with Gasteiger partial charge in [0.2, 0.25) is 29.5 Å². The van der Waals surface area contributed by atoms with E-state index >= 15 is 0 Å². The number of amides is 5. The van der Waals surface area contributed by atoms with E-state index in [1.807, 2.05) is 5.32 Å². The topological polar surface area (TPSA) is 401 Å². The Labute approximate surface area is 332 Å². The van der Waals surface area contributed by atoms with Crippen molar-refractivity contribution in [2.24, 2.45) is 22.2 Å². The molecule has 0 heterocycles. The lowest BCUT2D eigenvalue weighted by atomic mass is 10.0. The monoisotopic (exact) mass is 839 g/mol. The van der Waals surface area contributed by atoms with Crippen LogP contribution in [0.5, 0.6) is 11.5 Å². The number of phenolic OH excluding ortho intramolecular Hbond substituents is 1. The van der Waals surface area contributed by atoms with Crippen LogP contribution < -0.4 is 48.3 Å².